The van der Waals surface area contributed by atoms with Crippen molar-refractivity contribution in [3.05, 3.63) is 51.8 Å². The number of rotatable bonds is 1. The Hall–Kier alpha value is -3.52. The summed E-state index contributed by atoms with van der Waals surface area (Å²) in [6.07, 6.45) is -3.88. The van der Waals surface area contributed by atoms with Gasteiger partial charge in [-0.3, -0.25) is 14.4 Å². The summed E-state index contributed by atoms with van der Waals surface area (Å²) in [5.74, 6) is -2.96. The minimum atomic E-state index is -2.06. The van der Waals surface area contributed by atoms with Crippen molar-refractivity contribution in [2.45, 2.75) is 37.8 Å². The van der Waals surface area contributed by atoms with E-state index in [1.807, 2.05) is 0 Å². The fourth-order valence-corrected chi connectivity index (χ4v) is 4.28. The third-order valence-corrected chi connectivity index (χ3v) is 5.65. The minimum Gasteiger partial charge on any atom is -0.507 e. The number of carbonyl (C=O) groups excluding carboxylic acids is 3. The first kappa shape index (κ1) is 19.8. The Bertz CT molecular complexity index is 1190. The molecule has 1 heterocycles. The number of fused-ring (bicyclic) bond motifs is 4. The molecule has 0 saturated heterocycles. The van der Waals surface area contributed by atoms with Gasteiger partial charge in [-0.25, -0.2) is 4.57 Å². The molecule has 10 heteroatoms. The molecule has 1 aromatic heterocycles. The molecule has 2 aromatic rings. The molecule has 0 bridgehead atoms. The number of aromatic nitrogens is 1. The maximum atomic E-state index is 13.2. The number of nitrogens with zero attached hydrogens (tertiary/aromatic N) is 2. The zero-order chi connectivity index (χ0) is 22.1. The Balaban J connectivity index is 2.07. The largest absolute Gasteiger partial charge is 0.507 e. The van der Waals surface area contributed by atoms with E-state index in [0.29, 0.717) is 4.57 Å². The number of phenolic OH excluding ortho intramolecular Hbond substituents is 1. The average Bonchev–Trinajstić information content (AvgIpc) is 3.04. The summed E-state index contributed by atoms with van der Waals surface area (Å²) in [6.45, 7) is 2.20. The lowest BCUT2D eigenvalue weighted by Crippen LogP contribution is -2.54. The normalized spacial score (nSPS) is 27.0. The number of hydrogen-bond donors (Lipinski definition) is 4. The first-order valence-electron chi connectivity index (χ1n) is 8.90. The van der Waals surface area contributed by atoms with Crippen LogP contribution in [0.2, 0.25) is 0 Å². The smallest absolute Gasteiger partial charge is 0.303 e. The van der Waals surface area contributed by atoms with Crippen LogP contribution in [0.25, 0.3) is 0 Å². The molecule has 0 amide bonds. The van der Waals surface area contributed by atoms with Crippen LogP contribution in [0.5, 0.6) is 5.75 Å². The molecular weight excluding hydrogens is 396 g/mol. The summed E-state index contributed by atoms with van der Waals surface area (Å²) in [4.78, 5) is 37.8. The molecule has 2 aliphatic carbocycles. The predicted octanol–water partition coefficient (Wildman–Crippen LogP) is 0.0614. The number of phenols is 1. The van der Waals surface area contributed by atoms with Gasteiger partial charge in [-0.2, -0.15) is 5.26 Å². The summed E-state index contributed by atoms with van der Waals surface area (Å²) in [5, 5.41) is 52.1. The molecule has 4 unspecified atom stereocenters. The number of aromatic hydroxyl groups is 1. The van der Waals surface area contributed by atoms with Crippen LogP contribution in [-0.4, -0.2) is 54.2 Å². The molecule has 0 saturated carbocycles. The van der Waals surface area contributed by atoms with Crippen LogP contribution >= 0.6 is 0 Å². The van der Waals surface area contributed by atoms with E-state index >= 15 is 0 Å². The molecule has 154 valence electrons. The van der Waals surface area contributed by atoms with Crippen LogP contribution in [0.4, 0.5) is 0 Å². The zero-order valence-corrected chi connectivity index (χ0v) is 15.8. The number of carbonyl (C=O) groups is 3. The van der Waals surface area contributed by atoms with Crippen molar-refractivity contribution in [1.82, 2.24) is 4.57 Å². The van der Waals surface area contributed by atoms with Gasteiger partial charge in [-0.1, -0.05) is 12.1 Å². The summed E-state index contributed by atoms with van der Waals surface area (Å²) < 4.78 is 5.73. The lowest BCUT2D eigenvalue weighted by molar-refractivity contribution is -0.212. The van der Waals surface area contributed by atoms with Gasteiger partial charge in [0.1, 0.15) is 29.8 Å². The molecule has 2 aliphatic rings. The van der Waals surface area contributed by atoms with E-state index in [0.717, 1.165) is 13.8 Å². The highest BCUT2D eigenvalue weighted by atomic mass is 16.6. The monoisotopic (exact) mass is 412 g/mol. The van der Waals surface area contributed by atoms with Crippen LogP contribution < -0.4 is 0 Å². The molecule has 0 fully saturated rings. The maximum Gasteiger partial charge on any atom is 0.303 e. The van der Waals surface area contributed by atoms with Crippen molar-refractivity contribution in [3.63, 3.8) is 0 Å². The third kappa shape index (κ3) is 2.25. The Labute approximate surface area is 169 Å². The van der Waals surface area contributed by atoms with Crippen LogP contribution in [0.15, 0.2) is 18.2 Å². The zero-order valence-electron chi connectivity index (χ0n) is 15.8. The average molecular weight is 412 g/mol. The lowest BCUT2D eigenvalue weighted by atomic mass is 9.75. The molecule has 4 rings (SSSR count). The summed E-state index contributed by atoms with van der Waals surface area (Å²) in [5.41, 5.74) is -3.98. The van der Waals surface area contributed by atoms with E-state index < -0.39 is 52.9 Å². The number of ether oxygens (including phenoxy) is 1. The summed E-state index contributed by atoms with van der Waals surface area (Å²) in [6, 6.07) is 3.87. The molecule has 30 heavy (non-hydrogen) atoms. The second-order valence-electron chi connectivity index (χ2n) is 7.39. The van der Waals surface area contributed by atoms with E-state index in [1.165, 1.54) is 18.2 Å². The lowest BCUT2D eigenvalue weighted by Gasteiger charge is -2.43. The van der Waals surface area contributed by atoms with E-state index in [-0.39, 0.29) is 27.9 Å². The number of aliphatic hydroxyl groups is 3. The van der Waals surface area contributed by atoms with Gasteiger partial charge in [-0.05, 0) is 13.0 Å². The molecule has 0 radical (unpaired) electrons. The van der Waals surface area contributed by atoms with Crippen molar-refractivity contribution in [3.8, 4) is 11.9 Å². The van der Waals surface area contributed by atoms with E-state index in [9.17, 15) is 40.1 Å². The van der Waals surface area contributed by atoms with Crippen LogP contribution in [0.3, 0.4) is 0 Å². The highest BCUT2D eigenvalue weighted by Crippen LogP contribution is 2.50. The fraction of sp³-hybridized carbons (Fsp3) is 0.300. The predicted molar refractivity (Wildman–Crippen MR) is 96.5 cm³/mol. The third-order valence-electron chi connectivity index (χ3n) is 5.65. The van der Waals surface area contributed by atoms with Crippen LogP contribution in [0.1, 0.15) is 69.3 Å². The summed E-state index contributed by atoms with van der Waals surface area (Å²) in [7, 11) is 0. The number of aliphatic hydroxyl groups excluding tert-OH is 3. The molecule has 1 aromatic carbocycles. The molecule has 4 atom stereocenters. The Morgan fingerprint density at radius 1 is 1.20 bits per heavy atom. The molecule has 4 N–H and O–H groups in total. The highest BCUT2D eigenvalue weighted by Gasteiger charge is 2.57. The van der Waals surface area contributed by atoms with Crippen molar-refractivity contribution in [2.24, 2.45) is 0 Å². The quantitative estimate of drug-likeness (QED) is 0.404. The fourth-order valence-electron chi connectivity index (χ4n) is 4.28. The van der Waals surface area contributed by atoms with Crippen molar-refractivity contribution in [1.29, 1.82) is 5.26 Å². The maximum absolute atomic E-state index is 13.2. The van der Waals surface area contributed by atoms with Crippen molar-refractivity contribution >= 4 is 17.5 Å². The summed E-state index contributed by atoms with van der Waals surface area (Å²) >= 11 is 0. The molecule has 0 spiro atoms. The van der Waals surface area contributed by atoms with Gasteiger partial charge in [0, 0.05) is 18.1 Å². The first-order valence-corrected chi connectivity index (χ1v) is 8.90. The SMILES string of the molecule is CC(=O)OC1(C)C(O)c2c(c3c(n2C#N)C(=O)c2c(O)cccc2C3=O)C(O)C1O. The second kappa shape index (κ2) is 6.24. The molecule has 0 aliphatic heterocycles. The van der Waals surface area contributed by atoms with Gasteiger partial charge in [0.25, 0.3) is 0 Å². The van der Waals surface area contributed by atoms with Gasteiger partial charge < -0.3 is 25.2 Å². The highest BCUT2D eigenvalue weighted by molar-refractivity contribution is 6.29. The first-order chi connectivity index (χ1) is 14.1. The minimum absolute atomic E-state index is 0.144. The number of ketones is 2. The number of hydrogen-bond acceptors (Lipinski definition) is 9. The molecule has 10 nitrogen and oxygen atoms in total. The number of nitriles is 1. The van der Waals surface area contributed by atoms with Crippen molar-refractivity contribution < 1.29 is 39.5 Å². The van der Waals surface area contributed by atoms with Gasteiger partial charge in [0.2, 0.25) is 5.78 Å². The van der Waals surface area contributed by atoms with Gasteiger partial charge >= 0.3 is 5.97 Å². The number of benzene rings is 1. The standard InChI is InChI=1S/C20H16N2O8/c1-7(23)30-20(2)18(28)14-12(17(27)19(20)29)11-13(22(14)6-21)16(26)10-8(15(11)25)4-3-5-9(10)24/h3-5,17-19,24,27-29H,1-2H3. The van der Waals surface area contributed by atoms with E-state index in [2.05, 4.69) is 0 Å². The van der Waals surface area contributed by atoms with Gasteiger partial charge in [0.05, 0.1) is 16.8 Å². The van der Waals surface area contributed by atoms with Gasteiger partial charge in [-0.15, -0.1) is 0 Å². The Morgan fingerprint density at radius 3 is 2.47 bits per heavy atom. The second-order valence-corrected chi connectivity index (χ2v) is 7.39. The van der Waals surface area contributed by atoms with Crippen LogP contribution in [-0.2, 0) is 9.53 Å². The number of esters is 1. The van der Waals surface area contributed by atoms with E-state index in [1.54, 1.807) is 6.19 Å². The van der Waals surface area contributed by atoms with Crippen LogP contribution in [0, 0.1) is 11.5 Å². The molecular formula is C20H16N2O8. The Kier molecular flexibility index (Phi) is 4.11. The van der Waals surface area contributed by atoms with E-state index in [4.69, 9.17) is 4.74 Å². The topological polar surface area (TPSA) is 170 Å². The Morgan fingerprint density at radius 2 is 1.87 bits per heavy atom. The van der Waals surface area contributed by atoms with Crippen molar-refractivity contribution in [2.75, 3.05) is 0 Å². The van der Waals surface area contributed by atoms with Gasteiger partial charge in [0.15, 0.2) is 17.6 Å².